The number of ether oxygens (including phenoxy) is 1. The van der Waals surface area contributed by atoms with Crippen molar-refractivity contribution < 1.29 is 9.53 Å². The van der Waals surface area contributed by atoms with E-state index in [1.54, 1.807) is 7.11 Å². The Morgan fingerprint density at radius 1 is 1.61 bits per heavy atom. The van der Waals surface area contributed by atoms with E-state index in [0.29, 0.717) is 5.69 Å². The number of nitrogens with one attached hydrogen (secondary N) is 1. The first-order chi connectivity index (χ1) is 8.65. The van der Waals surface area contributed by atoms with Crippen molar-refractivity contribution in [2.75, 3.05) is 7.11 Å². The molecule has 2 rings (SSSR count). The van der Waals surface area contributed by atoms with Gasteiger partial charge >= 0.3 is 0 Å². The highest BCUT2D eigenvalue weighted by Crippen LogP contribution is 2.22. The summed E-state index contributed by atoms with van der Waals surface area (Å²) >= 11 is 3.40. The highest BCUT2D eigenvalue weighted by atomic mass is 79.9. The van der Waals surface area contributed by atoms with Gasteiger partial charge in [-0.05, 0) is 48.2 Å². The van der Waals surface area contributed by atoms with Crippen LogP contribution in [0.5, 0.6) is 0 Å². The SMILES string of the molecule is CCn1cc(Br)cc1C(=O)NC1CCCC1OC. The molecule has 1 saturated carbocycles. The highest BCUT2D eigenvalue weighted by molar-refractivity contribution is 9.10. The average Bonchev–Trinajstić information content (AvgIpc) is 2.94. The van der Waals surface area contributed by atoms with Gasteiger partial charge in [0.25, 0.3) is 5.91 Å². The molecule has 0 spiro atoms. The fourth-order valence-electron chi connectivity index (χ4n) is 2.54. The molecule has 0 bridgehead atoms. The minimum Gasteiger partial charge on any atom is -0.379 e. The maximum absolute atomic E-state index is 12.2. The number of amides is 1. The van der Waals surface area contributed by atoms with Crippen LogP contribution < -0.4 is 5.32 Å². The first kappa shape index (κ1) is 13.6. The third-order valence-electron chi connectivity index (χ3n) is 3.51. The zero-order valence-electron chi connectivity index (χ0n) is 10.8. The van der Waals surface area contributed by atoms with E-state index in [0.717, 1.165) is 30.3 Å². The van der Waals surface area contributed by atoms with Crippen LogP contribution >= 0.6 is 15.9 Å². The van der Waals surface area contributed by atoms with Crippen LogP contribution in [0.1, 0.15) is 36.7 Å². The summed E-state index contributed by atoms with van der Waals surface area (Å²) in [7, 11) is 1.71. The molecular weight excluding hydrogens is 296 g/mol. The van der Waals surface area contributed by atoms with E-state index in [2.05, 4.69) is 21.2 Å². The van der Waals surface area contributed by atoms with Crippen molar-refractivity contribution in [3.8, 4) is 0 Å². The quantitative estimate of drug-likeness (QED) is 0.928. The summed E-state index contributed by atoms with van der Waals surface area (Å²) in [4.78, 5) is 12.2. The van der Waals surface area contributed by atoms with Crippen molar-refractivity contribution in [3.63, 3.8) is 0 Å². The summed E-state index contributed by atoms with van der Waals surface area (Å²) in [6, 6.07) is 2.00. The van der Waals surface area contributed by atoms with Crippen molar-refractivity contribution in [2.24, 2.45) is 0 Å². The van der Waals surface area contributed by atoms with Crippen molar-refractivity contribution in [1.82, 2.24) is 9.88 Å². The van der Waals surface area contributed by atoms with Crippen molar-refractivity contribution >= 4 is 21.8 Å². The van der Waals surface area contributed by atoms with Crippen LogP contribution in [0.4, 0.5) is 0 Å². The van der Waals surface area contributed by atoms with Gasteiger partial charge in [0.2, 0.25) is 0 Å². The molecule has 1 aliphatic carbocycles. The van der Waals surface area contributed by atoms with E-state index < -0.39 is 0 Å². The summed E-state index contributed by atoms with van der Waals surface area (Å²) in [5.41, 5.74) is 0.700. The van der Waals surface area contributed by atoms with Crippen LogP contribution in [-0.2, 0) is 11.3 Å². The highest BCUT2D eigenvalue weighted by Gasteiger charge is 2.29. The number of halogens is 1. The summed E-state index contributed by atoms with van der Waals surface area (Å²) < 4.78 is 8.27. The fraction of sp³-hybridized carbons (Fsp3) is 0.615. The van der Waals surface area contributed by atoms with Gasteiger partial charge in [-0.15, -0.1) is 0 Å². The van der Waals surface area contributed by atoms with Crippen LogP contribution in [0.25, 0.3) is 0 Å². The third kappa shape index (κ3) is 2.78. The summed E-state index contributed by atoms with van der Waals surface area (Å²) in [6.07, 6.45) is 5.22. The molecule has 4 nitrogen and oxygen atoms in total. The molecule has 5 heteroatoms. The van der Waals surface area contributed by atoms with E-state index >= 15 is 0 Å². The Balaban J connectivity index is 2.07. The summed E-state index contributed by atoms with van der Waals surface area (Å²) in [5.74, 6) is -0.0171. The number of hydrogen-bond acceptors (Lipinski definition) is 2. The number of aromatic nitrogens is 1. The van der Waals surface area contributed by atoms with E-state index in [-0.39, 0.29) is 18.1 Å². The topological polar surface area (TPSA) is 43.3 Å². The summed E-state index contributed by atoms with van der Waals surface area (Å²) in [5, 5.41) is 3.08. The zero-order chi connectivity index (χ0) is 13.1. The molecule has 1 fully saturated rings. The van der Waals surface area contributed by atoms with E-state index in [1.165, 1.54) is 0 Å². The standard InChI is InChI=1S/C13H19BrN2O2/c1-3-16-8-9(14)7-11(16)13(17)15-10-5-4-6-12(10)18-2/h7-8,10,12H,3-6H2,1-2H3,(H,15,17). The first-order valence-corrected chi connectivity index (χ1v) is 7.14. The van der Waals surface area contributed by atoms with Crippen LogP contribution in [0.3, 0.4) is 0 Å². The van der Waals surface area contributed by atoms with Crippen molar-refractivity contribution in [3.05, 3.63) is 22.4 Å². The van der Waals surface area contributed by atoms with Gasteiger partial charge in [-0.1, -0.05) is 0 Å². The second-order valence-electron chi connectivity index (χ2n) is 4.61. The van der Waals surface area contributed by atoms with Crippen LogP contribution in [0.2, 0.25) is 0 Å². The molecule has 0 aromatic carbocycles. The maximum atomic E-state index is 12.2. The Hall–Kier alpha value is -0.810. The minimum atomic E-state index is -0.0171. The van der Waals surface area contributed by atoms with Crippen LogP contribution in [0, 0.1) is 0 Å². The minimum absolute atomic E-state index is 0.0171. The molecule has 2 atom stereocenters. The van der Waals surface area contributed by atoms with Crippen molar-refractivity contribution in [2.45, 2.75) is 44.9 Å². The number of carbonyl (C=O) groups excluding carboxylic acids is 1. The number of methoxy groups -OCH3 is 1. The number of carbonyl (C=O) groups is 1. The number of hydrogen-bond donors (Lipinski definition) is 1. The molecule has 100 valence electrons. The lowest BCUT2D eigenvalue weighted by atomic mass is 10.2. The Bertz CT molecular complexity index is 431. The fourth-order valence-corrected chi connectivity index (χ4v) is 3.01. The monoisotopic (exact) mass is 314 g/mol. The smallest absolute Gasteiger partial charge is 0.268 e. The molecule has 1 heterocycles. The van der Waals surface area contributed by atoms with Gasteiger partial charge in [0, 0.05) is 24.3 Å². The molecule has 18 heavy (non-hydrogen) atoms. The Labute approximate surface area is 116 Å². The lowest BCUT2D eigenvalue weighted by molar-refractivity contribution is 0.0717. The number of nitrogens with zero attached hydrogens (tertiary/aromatic N) is 1. The Morgan fingerprint density at radius 2 is 2.39 bits per heavy atom. The Morgan fingerprint density at radius 3 is 3.06 bits per heavy atom. The van der Waals surface area contributed by atoms with E-state index in [9.17, 15) is 4.79 Å². The molecule has 1 aromatic heterocycles. The zero-order valence-corrected chi connectivity index (χ0v) is 12.4. The lowest BCUT2D eigenvalue weighted by Gasteiger charge is -2.19. The second-order valence-corrected chi connectivity index (χ2v) is 5.53. The van der Waals surface area contributed by atoms with Gasteiger partial charge < -0.3 is 14.6 Å². The molecule has 1 aromatic rings. The maximum Gasteiger partial charge on any atom is 0.268 e. The molecule has 0 radical (unpaired) electrons. The van der Waals surface area contributed by atoms with Gasteiger partial charge in [0.15, 0.2) is 0 Å². The summed E-state index contributed by atoms with van der Waals surface area (Å²) in [6.45, 7) is 2.81. The van der Waals surface area contributed by atoms with Gasteiger partial charge in [-0.2, -0.15) is 0 Å². The predicted molar refractivity (Wildman–Crippen MR) is 73.7 cm³/mol. The lowest BCUT2D eigenvalue weighted by Crippen LogP contribution is -2.41. The predicted octanol–water partition coefficient (Wildman–Crippen LogP) is 2.57. The van der Waals surface area contributed by atoms with Gasteiger partial charge in [-0.3, -0.25) is 4.79 Å². The molecule has 0 aliphatic heterocycles. The van der Waals surface area contributed by atoms with Gasteiger partial charge in [0.05, 0.1) is 12.1 Å². The normalized spacial score (nSPS) is 23.3. The molecular formula is C13H19BrN2O2. The van der Waals surface area contributed by atoms with Crippen molar-refractivity contribution in [1.29, 1.82) is 0 Å². The molecule has 1 amide bonds. The first-order valence-electron chi connectivity index (χ1n) is 6.35. The van der Waals surface area contributed by atoms with Crippen LogP contribution in [0.15, 0.2) is 16.7 Å². The molecule has 2 unspecified atom stereocenters. The van der Waals surface area contributed by atoms with Crippen LogP contribution in [-0.4, -0.2) is 29.7 Å². The van der Waals surface area contributed by atoms with E-state index in [1.807, 2.05) is 23.8 Å². The largest absolute Gasteiger partial charge is 0.379 e. The third-order valence-corrected chi connectivity index (χ3v) is 3.94. The van der Waals surface area contributed by atoms with Gasteiger partial charge in [-0.25, -0.2) is 0 Å². The number of rotatable bonds is 4. The van der Waals surface area contributed by atoms with Gasteiger partial charge in [0.1, 0.15) is 5.69 Å². The molecule has 1 N–H and O–H groups in total. The molecule has 1 aliphatic rings. The molecule has 0 saturated heterocycles. The number of aryl methyl sites for hydroxylation is 1. The van der Waals surface area contributed by atoms with E-state index in [4.69, 9.17) is 4.74 Å². The second kappa shape index (κ2) is 5.89. The Kier molecular flexibility index (Phi) is 4.45. The average molecular weight is 315 g/mol.